The zero-order valence-corrected chi connectivity index (χ0v) is 11.2. The summed E-state index contributed by atoms with van der Waals surface area (Å²) in [7, 11) is 0. The van der Waals surface area contributed by atoms with Crippen LogP contribution in [0.15, 0.2) is 43.0 Å². The summed E-state index contributed by atoms with van der Waals surface area (Å²) in [5.74, 6) is -0.568. The number of primary amides is 1. The van der Waals surface area contributed by atoms with E-state index in [1.807, 2.05) is 30.3 Å². The molecule has 20 heavy (non-hydrogen) atoms. The molecule has 1 fully saturated rings. The minimum absolute atomic E-state index is 0.169. The van der Waals surface area contributed by atoms with E-state index < -0.39 is 17.5 Å². The Hall–Kier alpha value is -2.30. The first-order valence-electron chi connectivity index (χ1n) is 6.52. The van der Waals surface area contributed by atoms with Gasteiger partial charge in [0.05, 0.1) is 0 Å². The Kier molecular flexibility index (Phi) is 4.08. The van der Waals surface area contributed by atoms with Gasteiger partial charge >= 0.3 is 6.09 Å². The maximum Gasteiger partial charge on any atom is 0.411 e. The second-order valence-corrected chi connectivity index (χ2v) is 4.79. The van der Waals surface area contributed by atoms with E-state index in [1.165, 1.54) is 11.0 Å². The van der Waals surface area contributed by atoms with Crippen LogP contribution < -0.4 is 5.73 Å². The number of nitrogens with zero attached hydrogens (tertiary/aromatic N) is 1. The Bertz CT molecular complexity index is 515. The molecule has 0 aliphatic carbocycles. The highest BCUT2D eigenvalue weighted by Crippen LogP contribution is 2.31. The fraction of sp³-hybridized carbons (Fsp3) is 0.333. The van der Waals surface area contributed by atoms with Gasteiger partial charge in [0.25, 0.3) is 0 Å². The lowest BCUT2D eigenvalue weighted by Crippen LogP contribution is -2.54. The molecule has 5 nitrogen and oxygen atoms in total. The maximum atomic E-state index is 12.1. The molecule has 1 aromatic carbocycles. The van der Waals surface area contributed by atoms with Crippen molar-refractivity contribution >= 4 is 12.0 Å². The summed E-state index contributed by atoms with van der Waals surface area (Å²) in [5, 5.41) is 0. The predicted molar refractivity (Wildman–Crippen MR) is 74.7 cm³/mol. The van der Waals surface area contributed by atoms with E-state index >= 15 is 0 Å². The van der Waals surface area contributed by atoms with Gasteiger partial charge in [-0.25, -0.2) is 4.79 Å². The summed E-state index contributed by atoms with van der Waals surface area (Å²) in [5.41, 5.74) is 5.19. The van der Waals surface area contributed by atoms with Crippen LogP contribution in [0, 0.1) is 0 Å². The molecule has 0 bridgehead atoms. The Labute approximate surface area is 118 Å². The molecule has 106 valence electrons. The largest absolute Gasteiger partial charge is 0.445 e. The Morgan fingerprint density at radius 2 is 2.10 bits per heavy atom. The minimum Gasteiger partial charge on any atom is -0.445 e. The first-order chi connectivity index (χ1) is 9.60. The zero-order valence-electron chi connectivity index (χ0n) is 11.2. The number of carbonyl (C=O) groups excluding carboxylic acids is 2. The molecule has 1 saturated heterocycles. The predicted octanol–water partition coefficient (Wildman–Crippen LogP) is 1.83. The number of carbonyl (C=O) groups is 2. The van der Waals surface area contributed by atoms with Gasteiger partial charge in [-0.1, -0.05) is 36.4 Å². The van der Waals surface area contributed by atoms with Crippen LogP contribution in [0.5, 0.6) is 0 Å². The van der Waals surface area contributed by atoms with E-state index in [9.17, 15) is 9.59 Å². The van der Waals surface area contributed by atoms with Crippen molar-refractivity contribution in [2.24, 2.45) is 5.73 Å². The van der Waals surface area contributed by atoms with Crippen LogP contribution in [0.2, 0.25) is 0 Å². The van der Waals surface area contributed by atoms with Gasteiger partial charge in [-0.05, 0) is 18.4 Å². The number of ether oxygens (including phenoxy) is 1. The van der Waals surface area contributed by atoms with Crippen LogP contribution >= 0.6 is 0 Å². The van der Waals surface area contributed by atoms with E-state index in [4.69, 9.17) is 10.5 Å². The molecule has 1 aromatic rings. The van der Waals surface area contributed by atoms with Crippen molar-refractivity contribution in [1.82, 2.24) is 4.90 Å². The first kappa shape index (κ1) is 14.1. The summed E-state index contributed by atoms with van der Waals surface area (Å²) < 4.78 is 5.25. The van der Waals surface area contributed by atoms with E-state index in [0.29, 0.717) is 19.4 Å². The molecule has 2 N–H and O–H groups in total. The van der Waals surface area contributed by atoms with Crippen molar-refractivity contribution in [2.45, 2.75) is 25.0 Å². The molecule has 1 aliphatic rings. The maximum absolute atomic E-state index is 12.1. The van der Waals surface area contributed by atoms with Crippen molar-refractivity contribution < 1.29 is 14.3 Å². The highest BCUT2D eigenvalue weighted by Gasteiger charge is 2.47. The molecular weight excluding hydrogens is 256 g/mol. The number of nitrogens with two attached hydrogens (primary N) is 1. The Morgan fingerprint density at radius 1 is 1.40 bits per heavy atom. The van der Waals surface area contributed by atoms with Gasteiger partial charge in [-0.15, -0.1) is 6.58 Å². The van der Waals surface area contributed by atoms with Crippen molar-refractivity contribution in [2.75, 3.05) is 6.54 Å². The molecule has 5 heteroatoms. The Balaban J connectivity index is 2.05. The second-order valence-electron chi connectivity index (χ2n) is 4.79. The standard InChI is InChI=1S/C15H18N2O3/c1-2-15(13(16)18)9-6-10-17(15)14(19)20-11-12-7-4-3-5-8-12/h2-5,7-8H,1,6,9-11H2,(H2,16,18). The van der Waals surface area contributed by atoms with Gasteiger partial charge in [0, 0.05) is 6.54 Å². The molecule has 1 atom stereocenters. The Morgan fingerprint density at radius 3 is 2.70 bits per heavy atom. The number of benzene rings is 1. The number of hydrogen-bond donors (Lipinski definition) is 1. The van der Waals surface area contributed by atoms with E-state index in [2.05, 4.69) is 6.58 Å². The number of rotatable bonds is 4. The van der Waals surface area contributed by atoms with Crippen LogP contribution in [0.1, 0.15) is 18.4 Å². The van der Waals surface area contributed by atoms with Crippen LogP contribution in [0.25, 0.3) is 0 Å². The first-order valence-corrected chi connectivity index (χ1v) is 6.52. The average Bonchev–Trinajstić information content (AvgIpc) is 2.91. The fourth-order valence-corrected chi connectivity index (χ4v) is 2.46. The smallest absolute Gasteiger partial charge is 0.411 e. The SMILES string of the molecule is C=CC1(C(N)=O)CCCN1C(=O)OCc1ccccc1. The minimum atomic E-state index is -1.12. The molecule has 1 aliphatic heterocycles. The summed E-state index contributed by atoms with van der Waals surface area (Å²) >= 11 is 0. The van der Waals surface area contributed by atoms with Crippen molar-refractivity contribution in [3.05, 3.63) is 48.6 Å². The van der Waals surface area contributed by atoms with Crippen molar-refractivity contribution in [1.29, 1.82) is 0 Å². The van der Waals surface area contributed by atoms with E-state index in [1.54, 1.807) is 0 Å². The fourth-order valence-electron chi connectivity index (χ4n) is 2.46. The molecule has 1 unspecified atom stereocenters. The zero-order chi connectivity index (χ0) is 14.6. The number of hydrogen-bond acceptors (Lipinski definition) is 3. The van der Waals surface area contributed by atoms with Crippen LogP contribution in [-0.4, -0.2) is 29.0 Å². The number of amides is 2. The van der Waals surface area contributed by atoms with Gasteiger partial charge in [0.2, 0.25) is 5.91 Å². The molecule has 2 rings (SSSR count). The topological polar surface area (TPSA) is 72.6 Å². The van der Waals surface area contributed by atoms with Gasteiger partial charge in [0.15, 0.2) is 0 Å². The monoisotopic (exact) mass is 274 g/mol. The third-order valence-electron chi connectivity index (χ3n) is 3.61. The summed E-state index contributed by atoms with van der Waals surface area (Å²) in [6.45, 7) is 4.25. The van der Waals surface area contributed by atoms with Gasteiger partial charge in [0.1, 0.15) is 12.1 Å². The third-order valence-corrected chi connectivity index (χ3v) is 3.61. The quantitative estimate of drug-likeness (QED) is 0.851. The second kappa shape index (κ2) is 5.77. The molecule has 2 amide bonds. The molecule has 0 spiro atoms. The van der Waals surface area contributed by atoms with Gasteiger partial charge in [-0.3, -0.25) is 9.69 Å². The lowest BCUT2D eigenvalue weighted by Gasteiger charge is -2.32. The normalized spacial score (nSPS) is 21.5. The molecule has 0 aromatic heterocycles. The van der Waals surface area contributed by atoms with Crippen LogP contribution in [-0.2, 0) is 16.1 Å². The molecular formula is C15H18N2O3. The highest BCUT2D eigenvalue weighted by atomic mass is 16.6. The van der Waals surface area contributed by atoms with E-state index in [0.717, 1.165) is 5.56 Å². The summed E-state index contributed by atoms with van der Waals surface area (Å²) in [6.07, 6.45) is 2.10. The highest BCUT2D eigenvalue weighted by molar-refractivity contribution is 5.91. The van der Waals surface area contributed by atoms with Crippen LogP contribution in [0.3, 0.4) is 0 Å². The van der Waals surface area contributed by atoms with Crippen LogP contribution in [0.4, 0.5) is 4.79 Å². The lowest BCUT2D eigenvalue weighted by molar-refractivity contribution is -0.125. The molecule has 0 radical (unpaired) electrons. The lowest BCUT2D eigenvalue weighted by atomic mass is 9.96. The molecule has 1 heterocycles. The summed E-state index contributed by atoms with van der Waals surface area (Å²) in [4.78, 5) is 25.2. The van der Waals surface area contributed by atoms with Gasteiger partial charge in [-0.2, -0.15) is 0 Å². The van der Waals surface area contributed by atoms with Crippen molar-refractivity contribution in [3.63, 3.8) is 0 Å². The van der Waals surface area contributed by atoms with Gasteiger partial charge < -0.3 is 10.5 Å². The average molecular weight is 274 g/mol. The third kappa shape index (κ3) is 2.52. The van der Waals surface area contributed by atoms with E-state index in [-0.39, 0.29) is 6.61 Å². The summed E-state index contributed by atoms with van der Waals surface area (Å²) in [6, 6.07) is 9.37. The number of likely N-dealkylation sites (tertiary alicyclic amines) is 1. The molecule has 0 saturated carbocycles. The van der Waals surface area contributed by atoms with Crippen molar-refractivity contribution in [3.8, 4) is 0 Å².